The molecule has 0 aromatic heterocycles. The van der Waals surface area contributed by atoms with Gasteiger partial charge in [-0.3, -0.25) is 0 Å². The maximum Gasteiger partial charge on any atom is 0.339 e. The number of hydrogen-bond acceptors (Lipinski definition) is 1. The molecule has 0 bridgehead atoms. The van der Waals surface area contributed by atoms with Crippen LogP contribution in [0.2, 0.25) is 1.41 Å². The van der Waals surface area contributed by atoms with Crippen LogP contribution in [0.4, 0.5) is 8.39 Å². The average Bonchev–Trinajstić information content (AvgIpc) is 1.31. The van der Waals surface area contributed by atoms with Crippen molar-refractivity contribution in [1.29, 1.82) is 0 Å². The summed E-state index contributed by atoms with van der Waals surface area (Å²) in [5, 5.41) is 0.0301. The zero-order valence-corrected chi connectivity index (χ0v) is 4.77. The van der Waals surface area contributed by atoms with E-state index < -0.39 is 6.81 Å². The average molecular weight is 132 g/mol. The lowest BCUT2D eigenvalue weighted by molar-refractivity contribution is 0.717. The first-order valence-electron chi connectivity index (χ1n) is 1.62. The monoisotopic (exact) mass is 132 g/mol. The Labute approximate surface area is 41.5 Å². The molecule has 0 aliphatic heterocycles. The largest absolute Gasteiger partial charge is 0.339 e. The maximum absolute atomic E-state index is 11.5. The van der Waals surface area contributed by atoms with Crippen molar-refractivity contribution in [2.75, 3.05) is 7.05 Å². The minimum atomic E-state index is -4.40. The van der Waals surface area contributed by atoms with Gasteiger partial charge in [-0.15, -0.1) is 0 Å². The lowest BCUT2D eigenvalue weighted by Crippen LogP contribution is -1.90. The molecule has 1 N–H and O–H groups in total. The molecule has 0 saturated carbocycles. The van der Waals surface area contributed by atoms with Crippen molar-refractivity contribution in [3.8, 4) is 0 Å². The Kier molecular flexibility index (Phi) is 1.51. The Balaban J connectivity index is 3.80. The summed E-state index contributed by atoms with van der Waals surface area (Å²) in [5.74, 6) is 0. The van der Waals surface area contributed by atoms with Crippen molar-refractivity contribution < 1.29 is 9.81 Å². The van der Waals surface area contributed by atoms with Crippen LogP contribution >= 0.6 is 6.81 Å². The standard InChI is InChI=1S/CH4F2NPS/c1-4-5(2,3)6/h1H3,(H,4,6)/i/hD. The summed E-state index contributed by atoms with van der Waals surface area (Å²) in [5.41, 5.74) is 0. The summed E-state index contributed by atoms with van der Waals surface area (Å²) >= 11 is 3.62. The van der Waals surface area contributed by atoms with E-state index in [-0.39, 0.29) is 5.08 Å². The molecule has 0 aromatic rings. The van der Waals surface area contributed by atoms with Gasteiger partial charge in [-0.05, 0) is 18.9 Å². The lowest BCUT2D eigenvalue weighted by atomic mass is 11.6. The number of hydrogen-bond donors (Lipinski definition) is 1. The van der Waals surface area contributed by atoms with E-state index in [0.717, 1.165) is 7.05 Å². The second-order valence-electron chi connectivity index (χ2n) is 0.635. The SMILES string of the molecule is [2H]N(C)P(F)(F)=S. The topological polar surface area (TPSA) is 12.0 Å². The van der Waals surface area contributed by atoms with Crippen LogP contribution in [0.15, 0.2) is 0 Å². The molecule has 0 amide bonds. The summed E-state index contributed by atoms with van der Waals surface area (Å²) in [7, 11) is 0.945. The van der Waals surface area contributed by atoms with Gasteiger partial charge in [-0.1, -0.05) is 0 Å². The van der Waals surface area contributed by atoms with Crippen LogP contribution in [-0.4, -0.2) is 7.05 Å². The molecule has 1 nitrogen and oxygen atoms in total. The van der Waals surface area contributed by atoms with Crippen LogP contribution in [0.25, 0.3) is 0 Å². The van der Waals surface area contributed by atoms with Crippen molar-refractivity contribution in [2.24, 2.45) is 0 Å². The van der Waals surface area contributed by atoms with Crippen LogP contribution in [0.5, 0.6) is 0 Å². The Morgan fingerprint density at radius 1 is 2.00 bits per heavy atom. The fourth-order valence-corrected chi connectivity index (χ4v) is 0. The van der Waals surface area contributed by atoms with Crippen molar-refractivity contribution in [2.45, 2.75) is 0 Å². The van der Waals surface area contributed by atoms with E-state index in [9.17, 15) is 8.39 Å². The molecule has 0 aliphatic carbocycles. The summed E-state index contributed by atoms with van der Waals surface area (Å²) in [6, 6.07) is 0. The van der Waals surface area contributed by atoms with Gasteiger partial charge < -0.3 is 0 Å². The van der Waals surface area contributed by atoms with Crippen LogP contribution in [0, 0.1) is 0 Å². The third kappa shape index (κ3) is 4.47. The zero-order valence-electron chi connectivity index (χ0n) is 4.06. The fourth-order valence-electron chi connectivity index (χ4n) is 0. The van der Waals surface area contributed by atoms with Gasteiger partial charge in [0.25, 0.3) is 0 Å². The quantitative estimate of drug-likeness (QED) is 0.541. The first-order chi connectivity index (χ1) is 2.94. The molecule has 0 rings (SSSR count). The Bertz CT molecular complexity index is 99.9. The minimum Gasteiger partial charge on any atom is -0.242 e. The maximum atomic E-state index is 11.5. The van der Waals surface area contributed by atoms with E-state index in [4.69, 9.17) is 1.41 Å². The Hall–Kier alpha value is 0.470. The highest BCUT2D eigenvalue weighted by Crippen LogP contribution is 2.43. The number of halogens is 2. The lowest BCUT2D eigenvalue weighted by Gasteiger charge is -1.92. The fraction of sp³-hybridized carbons (Fsp3) is 1.00. The Morgan fingerprint density at radius 3 is 2.17 bits per heavy atom. The van der Waals surface area contributed by atoms with Gasteiger partial charge in [0.1, 0.15) is 1.41 Å². The van der Waals surface area contributed by atoms with E-state index >= 15 is 0 Å². The van der Waals surface area contributed by atoms with Crippen LogP contribution < -0.4 is 5.08 Å². The molecule has 0 spiro atoms. The van der Waals surface area contributed by atoms with Gasteiger partial charge in [-0.2, -0.15) is 8.39 Å². The molecule has 0 heterocycles. The normalized spacial score (nSPS) is 15.0. The third-order valence-electron chi connectivity index (χ3n) is 0.233. The van der Waals surface area contributed by atoms with Crippen molar-refractivity contribution in [3.63, 3.8) is 0 Å². The summed E-state index contributed by atoms with van der Waals surface area (Å²) in [6.07, 6.45) is 0. The minimum absolute atomic E-state index is 0.0301. The second kappa shape index (κ2) is 1.96. The predicted octanol–water partition coefficient (Wildman–Crippen LogP) is 1.37. The first kappa shape index (κ1) is 4.62. The van der Waals surface area contributed by atoms with E-state index in [1.54, 1.807) is 0 Å². The molecule has 38 valence electrons. The number of rotatable bonds is 1. The molecular weight excluding hydrogens is 127 g/mol. The van der Waals surface area contributed by atoms with Gasteiger partial charge in [-0.25, -0.2) is 5.08 Å². The third-order valence-corrected chi connectivity index (χ3v) is 1.19. The highest BCUT2D eigenvalue weighted by atomic mass is 32.5. The molecule has 6 heavy (non-hydrogen) atoms. The van der Waals surface area contributed by atoms with Crippen LogP contribution in [-0.2, 0) is 11.8 Å². The molecule has 5 heteroatoms. The second-order valence-corrected chi connectivity index (χ2v) is 3.22. The predicted molar refractivity (Wildman–Crippen MR) is 25.6 cm³/mol. The van der Waals surface area contributed by atoms with Gasteiger partial charge in [0.2, 0.25) is 0 Å². The van der Waals surface area contributed by atoms with E-state index in [1.165, 1.54) is 0 Å². The van der Waals surface area contributed by atoms with Gasteiger partial charge >= 0.3 is 6.81 Å². The van der Waals surface area contributed by atoms with Gasteiger partial charge in [0, 0.05) is 0 Å². The Morgan fingerprint density at radius 2 is 2.17 bits per heavy atom. The molecular formula is CH4F2NPS. The van der Waals surface area contributed by atoms with Crippen molar-refractivity contribution in [3.05, 3.63) is 0 Å². The van der Waals surface area contributed by atoms with Crippen LogP contribution in [0.1, 0.15) is 0 Å². The van der Waals surface area contributed by atoms with E-state index in [0.29, 0.717) is 0 Å². The first-order valence-corrected chi connectivity index (χ1v) is 3.70. The highest BCUT2D eigenvalue weighted by molar-refractivity contribution is 8.08. The summed E-state index contributed by atoms with van der Waals surface area (Å²) in [4.78, 5) is 0. The molecule has 0 aromatic carbocycles. The zero-order chi connectivity index (χ0) is 6.08. The smallest absolute Gasteiger partial charge is 0.242 e. The molecule has 0 fully saturated rings. The number of nitrogens with one attached hydrogen (secondary N) is 1. The summed E-state index contributed by atoms with van der Waals surface area (Å²) in [6.45, 7) is -4.40. The molecule has 0 atom stereocenters. The van der Waals surface area contributed by atoms with Gasteiger partial charge in [0.05, 0.1) is 0 Å². The van der Waals surface area contributed by atoms with E-state index in [2.05, 4.69) is 11.8 Å². The molecule has 0 saturated heterocycles. The molecule has 0 unspecified atom stereocenters. The van der Waals surface area contributed by atoms with Crippen molar-refractivity contribution in [1.82, 2.24) is 5.08 Å². The van der Waals surface area contributed by atoms with Gasteiger partial charge in [0.15, 0.2) is 0 Å². The summed E-state index contributed by atoms with van der Waals surface area (Å²) < 4.78 is 29.3. The van der Waals surface area contributed by atoms with E-state index in [1.807, 2.05) is 0 Å². The highest BCUT2D eigenvalue weighted by Gasteiger charge is 2.05. The van der Waals surface area contributed by atoms with Crippen molar-refractivity contribution >= 4 is 18.6 Å². The molecule has 0 radical (unpaired) electrons. The molecule has 0 aliphatic rings. The van der Waals surface area contributed by atoms with Crippen LogP contribution in [0.3, 0.4) is 0 Å².